The summed E-state index contributed by atoms with van der Waals surface area (Å²) in [6.45, 7) is 0.909. The fourth-order valence-corrected chi connectivity index (χ4v) is 1.59. The number of aliphatic hydroxyl groups is 1. The summed E-state index contributed by atoms with van der Waals surface area (Å²) < 4.78 is 0.969. The molecule has 1 heterocycles. The molecule has 3 nitrogen and oxygen atoms in total. The number of nitroso groups, excluding NO2 is 1. The Hall–Kier alpha value is -1.22. The molecule has 1 atom stereocenters. The molecule has 0 radical (unpaired) electrons. The molecule has 1 aliphatic rings. The molecule has 0 bridgehead atoms. The van der Waals surface area contributed by atoms with E-state index in [4.69, 9.17) is 0 Å². The molecule has 1 aromatic rings. The second-order valence-corrected chi connectivity index (χ2v) is 3.46. The van der Waals surface area contributed by atoms with Crippen LogP contribution in [0.4, 0.5) is 0 Å². The molecular formula is C10H12NO2+. The van der Waals surface area contributed by atoms with Gasteiger partial charge in [-0.25, -0.2) is 0 Å². The highest BCUT2D eigenvalue weighted by Crippen LogP contribution is 2.26. The first kappa shape index (κ1) is 8.38. The van der Waals surface area contributed by atoms with Gasteiger partial charge in [-0.2, -0.15) is 0 Å². The van der Waals surface area contributed by atoms with Gasteiger partial charge in [0.15, 0.2) is 0 Å². The van der Waals surface area contributed by atoms with E-state index in [1.54, 1.807) is 0 Å². The van der Waals surface area contributed by atoms with E-state index in [-0.39, 0.29) is 5.92 Å². The van der Waals surface area contributed by atoms with Crippen LogP contribution in [0.3, 0.4) is 0 Å². The summed E-state index contributed by atoms with van der Waals surface area (Å²) in [6, 6.07) is 9.48. The van der Waals surface area contributed by atoms with Crippen molar-refractivity contribution in [1.29, 1.82) is 0 Å². The van der Waals surface area contributed by atoms with Gasteiger partial charge in [-0.05, 0) is 10.3 Å². The summed E-state index contributed by atoms with van der Waals surface area (Å²) in [5.74, 6) is 0.111. The summed E-state index contributed by atoms with van der Waals surface area (Å²) in [6.07, 6.45) is -0.480. The Bertz CT molecular complexity index is 302. The summed E-state index contributed by atoms with van der Waals surface area (Å²) in [7, 11) is 0. The highest BCUT2D eigenvalue weighted by Gasteiger charge is 2.40. The third-order valence-corrected chi connectivity index (χ3v) is 2.46. The van der Waals surface area contributed by atoms with Crippen molar-refractivity contribution in [2.75, 3.05) is 13.1 Å². The van der Waals surface area contributed by atoms with Gasteiger partial charge < -0.3 is 5.11 Å². The molecule has 0 saturated carbocycles. The third-order valence-electron chi connectivity index (χ3n) is 2.46. The predicted octanol–water partition coefficient (Wildman–Crippen LogP) is 1.13. The SMILES string of the molecule is O=[N+]1CC(C(O)c2ccccc2)C1. The Kier molecular flexibility index (Phi) is 2.10. The maximum atomic E-state index is 10.7. The average molecular weight is 178 g/mol. The van der Waals surface area contributed by atoms with E-state index in [1.165, 1.54) is 0 Å². The van der Waals surface area contributed by atoms with Crippen molar-refractivity contribution in [2.45, 2.75) is 6.10 Å². The van der Waals surface area contributed by atoms with Crippen molar-refractivity contribution in [3.05, 3.63) is 40.8 Å². The van der Waals surface area contributed by atoms with Gasteiger partial charge in [-0.3, -0.25) is 0 Å². The number of hydrogen-bond donors (Lipinski definition) is 1. The quantitative estimate of drug-likeness (QED) is 0.689. The van der Waals surface area contributed by atoms with Crippen molar-refractivity contribution in [2.24, 2.45) is 5.92 Å². The van der Waals surface area contributed by atoms with Crippen molar-refractivity contribution in [3.63, 3.8) is 0 Å². The van der Waals surface area contributed by atoms with Crippen molar-refractivity contribution >= 4 is 0 Å². The molecule has 1 fully saturated rings. The van der Waals surface area contributed by atoms with Gasteiger partial charge in [0.05, 0.1) is 6.10 Å². The molecule has 2 rings (SSSR count). The van der Waals surface area contributed by atoms with Crippen molar-refractivity contribution in [1.82, 2.24) is 0 Å². The normalized spacial score (nSPS) is 19.6. The summed E-state index contributed by atoms with van der Waals surface area (Å²) in [5.41, 5.74) is 0.903. The van der Waals surface area contributed by atoms with Crippen LogP contribution in [0, 0.1) is 10.8 Å². The van der Waals surface area contributed by atoms with E-state index in [2.05, 4.69) is 0 Å². The van der Waals surface area contributed by atoms with E-state index in [9.17, 15) is 10.0 Å². The smallest absolute Gasteiger partial charge is 0.203 e. The minimum absolute atomic E-state index is 0.111. The van der Waals surface area contributed by atoms with Crippen LogP contribution in [0.5, 0.6) is 0 Å². The molecule has 13 heavy (non-hydrogen) atoms. The Labute approximate surface area is 76.6 Å². The second kappa shape index (κ2) is 3.26. The van der Waals surface area contributed by atoms with E-state index in [1.807, 2.05) is 30.3 Å². The average Bonchev–Trinajstić information content (AvgIpc) is 2.13. The molecule has 1 aromatic carbocycles. The minimum Gasteiger partial charge on any atom is -0.388 e. The van der Waals surface area contributed by atoms with Gasteiger partial charge in [0.1, 0.15) is 5.92 Å². The van der Waals surface area contributed by atoms with Gasteiger partial charge in [0.25, 0.3) is 0 Å². The molecule has 0 aromatic heterocycles. The van der Waals surface area contributed by atoms with Crippen LogP contribution in [-0.4, -0.2) is 23.0 Å². The van der Waals surface area contributed by atoms with Crippen LogP contribution >= 0.6 is 0 Å². The van der Waals surface area contributed by atoms with Crippen LogP contribution in [0.15, 0.2) is 30.3 Å². The van der Waals surface area contributed by atoms with Crippen LogP contribution in [0.2, 0.25) is 0 Å². The molecule has 0 amide bonds. The Morgan fingerprint density at radius 3 is 2.46 bits per heavy atom. The molecule has 0 spiro atoms. The zero-order valence-corrected chi connectivity index (χ0v) is 7.26. The lowest BCUT2D eigenvalue weighted by atomic mass is 9.91. The highest BCUT2D eigenvalue weighted by atomic mass is 16.3. The third kappa shape index (κ3) is 1.60. The van der Waals surface area contributed by atoms with Gasteiger partial charge >= 0.3 is 0 Å². The zero-order chi connectivity index (χ0) is 9.26. The van der Waals surface area contributed by atoms with E-state index in [0.29, 0.717) is 13.1 Å². The standard InChI is InChI=1S/C10H12NO2/c12-10(9-6-11(13)7-9)8-4-2-1-3-5-8/h1-5,9-10,12H,6-7H2/q+1. The molecule has 68 valence electrons. The monoisotopic (exact) mass is 178 g/mol. The molecule has 1 saturated heterocycles. The largest absolute Gasteiger partial charge is 0.388 e. The molecule has 0 aliphatic carbocycles. The number of aliphatic hydroxyl groups excluding tert-OH is 1. The topological polar surface area (TPSA) is 40.3 Å². The second-order valence-electron chi connectivity index (χ2n) is 3.46. The first-order chi connectivity index (χ1) is 6.27. The first-order valence-corrected chi connectivity index (χ1v) is 4.42. The maximum Gasteiger partial charge on any atom is 0.203 e. The van der Waals surface area contributed by atoms with Crippen LogP contribution in [0.25, 0.3) is 0 Å². The maximum absolute atomic E-state index is 10.7. The van der Waals surface area contributed by atoms with Gasteiger partial charge in [-0.15, -0.1) is 0 Å². The number of hydrogen-bond acceptors (Lipinski definition) is 2. The summed E-state index contributed by atoms with van der Waals surface area (Å²) >= 11 is 0. The molecule has 1 unspecified atom stereocenters. The van der Waals surface area contributed by atoms with Crippen LogP contribution < -0.4 is 0 Å². The lowest BCUT2D eigenvalue weighted by molar-refractivity contribution is -0.628. The van der Waals surface area contributed by atoms with Gasteiger partial charge in [-0.1, -0.05) is 30.3 Å². The molecular weight excluding hydrogens is 166 g/mol. The number of rotatable bonds is 2. The lowest BCUT2D eigenvalue weighted by Crippen LogP contribution is -2.41. The molecule has 1 aliphatic heterocycles. The molecule has 3 heteroatoms. The molecule has 1 N–H and O–H groups in total. The fourth-order valence-electron chi connectivity index (χ4n) is 1.59. The predicted molar refractivity (Wildman–Crippen MR) is 48.3 cm³/mol. The van der Waals surface area contributed by atoms with E-state index >= 15 is 0 Å². The van der Waals surface area contributed by atoms with E-state index < -0.39 is 6.10 Å². The highest BCUT2D eigenvalue weighted by molar-refractivity contribution is 5.18. The number of nitrogens with zero attached hydrogens (tertiary/aromatic N) is 1. The summed E-state index contributed by atoms with van der Waals surface area (Å²) in [4.78, 5) is 10.7. The Balaban J connectivity index is 2.06. The van der Waals surface area contributed by atoms with E-state index in [0.717, 1.165) is 10.3 Å². The van der Waals surface area contributed by atoms with Gasteiger partial charge in [0.2, 0.25) is 13.1 Å². The van der Waals surface area contributed by atoms with Crippen LogP contribution in [-0.2, 0) is 0 Å². The Morgan fingerprint density at radius 2 is 1.92 bits per heavy atom. The van der Waals surface area contributed by atoms with Crippen LogP contribution in [0.1, 0.15) is 11.7 Å². The summed E-state index contributed by atoms with van der Waals surface area (Å²) in [5, 5.41) is 9.79. The van der Waals surface area contributed by atoms with Gasteiger partial charge in [0, 0.05) is 4.91 Å². The first-order valence-electron chi connectivity index (χ1n) is 4.42. The minimum atomic E-state index is -0.480. The number of benzene rings is 1. The lowest BCUT2D eigenvalue weighted by Gasteiger charge is -2.22. The van der Waals surface area contributed by atoms with Crippen molar-refractivity contribution in [3.8, 4) is 0 Å². The zero-order valence-electron chi connectivity index (χ0n) is 7.26. The fraction of sp³-hybridized carbons (Fsp3) is 0.400. The van der Waals surface area contributed by atoms with Crippen molar-refractivity contribution < 1.29 is 9.87 Å². The Morgan fingerprint density at radius 1 is 1.31 bits per heavy atom.